The van der Waals surface area contributed by atoms with Gasteiger partial charge in [-0.1, -0.05) is 6.07 Å². The van der Waals surface area contributed by atoms with E-state index in [0.717, 1.165) is 0 Å². The number of carbonyl (C=O) groups is 1. The van der Waals surface area contributed by atoms with Gasteiger partial charge in [0.1, 0.15) is 0 Å². The highest BCUT2D eigenvalue weighted by Crippen LogP contribution is 2.37. The lowest BCUT2D eigenvalue weighted by Gasteiger charge is -2.09. The number of carbonyl (C=O) groups excluding carboxylic acids is 1. The molecule has 14 heavy (non-hydrogen) atoms. The van der Waals surface area contributed by atoms with Crippen molar-refractivity contribution >= 4 is 5.78 Å². The van der Waals surface area contributed by atoms with Crippen molar-refractivity contribution in [3.63, 3.8) is 0 Å². The normalized spacial score (nSPS) is 14.8. The van der Waals surface area contributed by atoms with Crippen LogP contribution in [0.25, 0.3) is 0 Å². The van der Waals surface area contributed by atoms with Gasteiger partial charge in [-0.3, -0.25) is 4.79 Å². The number of methoxy groups -OCH3 is 1. The summed E-state index contributed by atoms with van der Waals surface area (Å²) in [7, 11) is 1.55. The van der Waals surface area contributed by atoms with Gasteiger partial charge in [-0.25, -0.2) is 0 Å². The van der Waals surface area contributed by atoms with Gasteiger partial charge in [-0.2, -0.15) is 0 Å². The number of para-hydroxylation sites is 1. The number of hydrogen-bond donors (Lipinski definition) is 0. The second-order valence-electron chi connectivity index (χ2n) is 2.90. The number of benzene rings is 1. The molecule has 0 saturated carbocycles. The van der Waals surface area contributed by atoms with Crippen LogP contribution >= 0.6 is 0 Å². The Labute approximate surface area is 81.4 Å². The van der Waals surface area contributed by atoms with Crippen LogP contribution in [-0.4, -0.2) is 26.1 Å². The van der Waals surface area contributed by atoms with Crippen molar-refractivity contribution in [3.8, 4) is 17.2 Å². The first kappa shape index (κ1) is 8.87. The van der Waals surface area contributed by atoms with E-state index in [1.54, 1.807) is 25.3 Å². The number of rotatable bonds is 1. The molecule has 74 valence electrons. The van der Waals surface area contributed by atoms with E-state index in [4.69, 9.17) is 14.2 Å². The van der Waals surface area contributed by atoms with Crippen LogP contribution < -0.4 is 14.2 Å². The Kier molecular flexibility index (Phi) is 2.26. The molecule has 1 heterocycles. The molecule has 0 fully saturated rings. The van der Waals surface area contributed by atoms with Gasteiger partial charge in [0, 0.05) is 0 Å². The van der Waals surface area contributed by atoms with E-state index in [1.807, 2.05) is 0 Å². The van der Waals surface area contributed by atoms with Gasteiger partial charge in [0.25, 0.3) is 0 Å². The molecule has 0 amide bonds. The average molecular weight is 194 g/mol. The van der Waals surface area contributed by atoms with Gasteiger partial charge in [0.15, 0.2) is 24.7 Å². The largest absolute Gasteiger partial charge is 0.493 e. The van der Waals surface area contributed by atoms with Crippen molar-refractivity contribution < 1.29 is 19.0 Å². The highest BCUT2D eigenvalue weighted by molar-refractivity contribution is 5.82. The van der Waals surface area contributed by atoms with Gasteiger partial charge < -0.3 is 14.2 Å². The van der Waals surface area contributed by atoms with Crippen LogP contribution in [0.1, 0.15) is 0 Å². The molecule has 2 rings (SSSR count). The van der Waals surface area contributed by atoms with E-state index in [2.05, 4.69) is 0 Å². The Morgan fingerprint density at radius 1 is 1.29 bits per heavy atom. The van der Waals surface area contributed by atoms with Crippen molar-refractivity contribution in [2.75, 3.05) is 20.3 Å². The summed E-state index contributed by atoms with van der Waals surface area (Å²) >= 11 is 0. The quantitative estimate of drug-likeness (QED) is 0.670. The summed E-state index contributed by atoms with van der Waals surface area (Å²) < 4.78 is 15.6. The molecule has 0 atom stereocenters. The van der Waals surface area contributed by atoms with Crippen molar-refractivity contribution in [1.82, 2.24) is 0 Å². The minimum absolute atomic E-state index is 0.0351. The lowest BCUT2D eigenvalue weighted by atomic mass is 10.3. The van der Waals surface area contributed by atoms with Gasteiger partial charge in [-0.05, 0) is 12.1 Å². The Morgan fingerprint density at radius 2 is 2.07 bits per heavy atom. The van der Waals surface area contributed by atoms with Gasteiger partial charge in [0.2, 0.25) is 11.5 Å². The van der Waals surface area contributed by atoms with Crippen molar-refractivity contribution in [2.24, 2.45) is 0 Å². The van der Waals surface area contributed by atoms with Crippen LogP contribution in [0.2, 0.25) is 0 Å². The van der Waals surface area contributed by atoms with E-state index >= 15 is 0 Å². The molecule has 0 unspecified atom stereocenters. The Hall–Kier alpha value is -1.71. The Bertz CT molecular complexity index is 359. The molecule has 4 nitrogen and oxygen atoms in total. The molecule has 0 radical (unpaired) electrons. The SMILES string of the molecule is COc1cccc2c1OCC(=O)CO2. The highest BCUT2D eigenvalue weighted by atomic mass is 16.6. The van der Waals surface area contributed by atoms with Crippen molar-refractivity contribution in [3.05, 3.63) is 18.2 Å². The lowest BCUT2D eigenvalue weighted by molar-refractivity contribution is -0.122. The smallest absolute Gasteiger partial charge is 0.207 e. The zero-order valence-corrected chi connectivity index (χ0v) is 7.78. The maximum atomic E-state index is 11.1. The third-order valence-corrected chi connectivity index (χ3v) is 1.93. The molecule has 0 bridgehead atoms. The van der Waals surface area contributed by atoms with Crippen LogP contribution in [-0.2, 0) is 4.79 Å². The maximum absolute atomic E-state index is 11.1. The predicted octanol–water partition coefficient (Wildman–Crippen LogP) is 1.04. The molecular weight excluding hydrogens is 184 g/mol. The van der Waals surface area contributed by atoms with E-state index in [9.17, 15) is 4.79 Å². The van der Waals surface area contributed by atoms with Crippen molar-refractivity contribution in [2.45, 2.75) is 0 Å². The van der Waals surface area contributed by atoms with Crippen molar-refractivity contribution in [1.29, 1.82) is 0 Å². The van der Waals surface area contributed by atoms with Crippen LogP contribution in [0, 0.1) is 0 Å². The molecule has 1 aromatic rings. The third-order valence-electron chi connectivity index (χ3n) is 1.93. The Balaban J connectivity index is 2.39. The number of hydrogen-bond acceptors (Lipinski definition) is 4. The number of Topliss-reactive ketones (excluding diaryl/α,β-unsaturated/α-hetero) is 1. The van der Waals surface area contributed by atoms with E-state index in [0.29, 0.717) is 17.2 Å². The lowest BCUT2D eigenvalue weighted by Crippen LogP contribution is -2.15. The summed E-state index contributed by atoms with van der Waals surface area (Å²) in [5.41, 5.74) is 0. The first-order valence-electron chi connectivity index (χ1n) is 4.25. The maximum Gasteiger partial charge on any atom is 0.207 e. The molecule has 0 aromatic heterocycles. The number of ether oxygens (including phenoxy) is 3. The fourth-order valence-electron chi connectivity index (χ4n) is 1.26. The molecule has 0 saturated heterocycles. The van der Waals surface area contributed by atoms with Gasteiger partial charge in [0.05, 0.1) is 7.11 Å². The summed E-state index contributed by atoms with van der Waals surface area (Å²) in [6, 6.07) is 5.30. The zero-order chi connectivity index (χ0) is 9.97. The molecule has 0 spiro atoms. The molecule has 1 aromatic carbocycles. The summed E-state index contributed by atoms with van der Waals surface area (Å²) in [6.07, 6.45) is 0. The topological polar surface area (TPSA) is 44.8 Å². The zero-order valence-electron chi connectivity index (χ0n) is 7.78. The Morgan fingerprint density at radius 3 is 2.86 bits per heavy atom. The second kappa shape index (κ2) is 3.57. The minimum Gasteiger partial charge on any atom is -0.493 e. The van der Waals surface area contributed by atoms with Crippen LogP contribution in [0.4, 0.5) is 0 Å². The molecule has 0 N–H and O–H groups in total. The van der Waals surface area contributed by atoms with Gasteiger partial charge in [-0.15, -0.1) is 0 Å². The van der Waals surface area contributed by atoms with E-state index < -0.39 is 0 Å². The average Bonchev–Trinajstić information content (AvgIpc) is 2.41. The molecule has 1 aliphatic heterocycles. The fraction of sp³-hybridized carbons (Fsp3) is 0.300. The predicted molar refractivity (Wildman–Crippen MR) is 49.0 cm³/mol. The number of ketones is 1. The van der Waals surface area contributed by atoms with Crippen LogP contribution in [0.5, 0.6) is 17.2 Å². The third kappa shape index (κ3) is 1.51. The summed E-state index contributed by atoms with van der Waals surface area (Å²) in [5.74, 6) is 1.55. The van der Waals surface area contributed by atoms with Gasteiger partial charge >= 0.3 is 0 Å². The summed E-state index contributed by atoms with van der Waals surface area (Å²) in [6.45, 7) is 0.0908. The monoisotopic (exact) mass is 194 g/mol. The molecule has 4 heteroatoms. The fourth-order valence-corrected chi connectivity index (χ4v) is 1.26. The van der Waals surface area contributed by atoms with E-state index in [-0.39, 0.29) is 19.0 Å². The molecule has 0 aliphatic carbocycles. The summed E-state index contributed by atoms with van der Waals surface area (Å²) in [5, 5.41) is 0. The van der Waals surface area contributed by atoms with Crippen LogP contribution in [0.15, 0.2) is 18.2 Å². The molecule has 1 aliphatic rings. The summed E-state index contributed by atoms with van der Waals surface area (Å²) in [4.78, 5) is 11.1. The standard InChI is InChI=1S/C10H10O4/c1-12-8-3-2-4-9-10(8)14-6-7(11)5-13-9/h2-4H,5-6H2,1H3. The van der Waals surface area contributed by atoms with E-state index in [1.165, 1.54) is 0 Å². The first-order chi connectivity index (χ1) is 6.81. The minimum atomic E-state index is -0.0803. The second-order valence-corrected chi connectivity index (χ2v) is 2.90. The van der Waals surface area contributed by atoms with Crippen LogP contribution in [0.3, 0.4) is 0 Å². The first-order valence-corrected chi connectivity index (χ1v) is 4.25. The highest BCUT2D eigenvalue weighted by Gasteiger charge is 2.18. The molecular formula is C10H10O4. The number of fused-ring (bicyclic) bond motifs is 1.